The Morgan fingerprint density at radius 2 is 1.67 bits per heavy atom. The van der Waals surface area contributed by atoms with Gasteiger partial charge >= 0.3 is 0 Å². The molecule has 1 rings (SSSR count). The van der Waals surface area contributed by atoms with Gasteiger partial charge in [-0.25, -0.2) is 0 Å². The quantitative estimate of drug-likeness (QED) is 0.488. The van der Waals surface area contributed by atoms with Crippen LogP contribution in [0.25, 0.3) is 0 Å². The van der Waals surface area contributed by atoms with Crippen LogP contribution in [-0.4, -0.2) is 0 Å². The zero-order valence-corrected chi connectivity index (χ0v) is 7.51. The van der Waals surface area contributed by atoms with E-state index in [0.29, 0.717) is 0 Å². The van der Waals surface area contributed by atoms with Gasteiger partial charge in [0.25, 0.3) is 0 Å². The van der Waals surface area contributed by atoms with Crippen molar-refractivity contribution in [2.24, 2.45) is 0 Å². The third-order valence-electron chi connectivity index (χ3n) is 0.907. The lowest BCUT2D eigenvalue weighted by Crippen LogP contribution is -1.62. The highest BCUT2D eigenvalue weighted by Gasteiger charge is 1.85. The molecule has 0 radical (unpaired) electrons. The summed E-state index contributed by atoms with van der Waals surface area (Å²) in [5, 5.41) is 17.6. The van der Waals surface area contributed by atoms with Gasteiger partial charge in [-0.1, -0.05) is 18.2 Å². The lowest BCUT2D eigenvalue weighted by atomic mass is 10.4. The molecule has 0 saturated heterocycles. The van der Waals surface area contributed by atoms with E-state index < -0.39 is 0 Å². The van der Waals surface area contributed by atoms with Crippen molar-refractivity contribution < 1.29 is 0 Å². The van der Waals surface area contributed by atoms with Crippen molar-refractivity contribution in [1.29, 1.82) is 10.5 Å². The Hall–Kier alpha value is -1.45. The summed E-state index contributed by atoms with van der Waals surface area (Å²) >= 11 is 1.18. The fourth-order valence-corrected chi connectivity index (χ4v) is 0.940. The summed E-state index contributed by atoms with van der Waals surface area (Å²) in [6.07, 6.45) is 0. The maximum atomic E-state index is 8.23. The van der Waals surface area contributed by atoms with Gasteiger partial charge in [-0.2, -0.15) is 10.5 Å². The van der Waals surface area contributed by atoms with Gasteiger partial charge in [-0.05, 0) is 23.9 Å². The largest absolute Gasteiger partial charge is 0.199 e. The first-order chi connectivity index (χ1) is 5.85. The van der Waals surface area contributed by atoms with E-state index in [0.717, 1.165) is 4.90 Å². The molecule has 0 aromatic heterocycles. The summed E-state index contributed by atoms with van der Waals surface area (Å²) in [7, 11) is 0. The number of hydrogen-bond donors (Lipinski definition) is 0. The molecule has 0 atom stereocenters. The molecular weight excluding hydrogens is 168 g/mol. The van der Waals surface area contributed by atoms with Crippen LogP contribution in [-0.2, 0) is 0 Å². The number of rotatable bonds is 1. The van der Waals surface area contributed by atoms with Crippen molar-refractivity contribution in [3.05, 3.63) is 30.3 Å². The third kappa shape index (κ3) is 5.34. The van der Waals surface area contributed by atoms with E-state index in [2.05, 4.69) is 0 Å². The van der Waals surface area contributed by atoms with Crippen LogP contribution in [0, 0.1) is 22.0 Å². The van der Waals surface area contributed by atoms with Crippen LogP contribution in [0.2, 0.25) is 0 Å². The van der Waals surface area contributed by atoms with Gasteiger partial charge in [0.05, 0.1) is 6.07 Å². The van der Waals surface area contributed by atoms with Crippen LogP contribution >= 0.6 is 11.8 Å². The van der Waals surface area contributed by atoms with Crippen LogP contribution in [0.5, 0.6) is 0 Å². The lowest BCUT2D eigenvalue weighted by molar-refractivity contribution is 1.47. The Labute approximate surface area is 76.4 Å². The second-order valence-electron chi connectivity index (χ2n) is 1.73. The first-order valence-corrected chi connectivity index (χ1v) is 4.08. The Bertz CT molecular complexity index is 282. The van der Waals surface area contributed by atoms with Crippen LogP contribution in [0.1, 0.15) is 6.92 Å². The molecule has 0 heterocycles. The SMILES string of the molecule is CC#N.N#CSc1ccccc1. The monoisotopic (exact) mass is 176 g/mol. The summed E-state index contributed by atoms with van der Waals surface area (Å²) in [6.45, 7) is 1.43. The Morgan fingerprint density at radius 1 is 1.17 bits per heavy atom. The van der Waals surface area contributed by atoms with E-state index in [1.807, 2.05) is 35.7 Å². The van der Waals surface area contributed by atoms with Gasteiger partial charge in [0.2, 0.25) is 0 Å². The normalized spacial score (nSPS) is 6.92. The zero-order valence-electron chi connectivity index (χ0n) is 6.69. The van der Waals surface area contributed by atoms with Gasteiger partial charge in [0, 0.05) is 11.8 Å². The van der Waals surface area contributed by atoms with Crippen molar-refractivity contribution in [2.75, 3.05) is 0 Å². The number of thioether (sulfide) groups is 1. The smallest absolute Gasteiger partial charge is 0.138 e. The second-order valence-corrected chi connectivity index (χ2v) is 2.59. The highest BCUT2D eigenvalue weighted by Crippen LogP contribution is 2.13. The minimum Gasteiger partial charge on any atom is -0.199 e. The molecule has 0 saturated carbocycles. The maximum absolute atomic E-state index is 8.23. The van der Waals surface area contributed by atoms with E-state index in [1.54, 1.807) is 6.07 Å². The van der Waals surface area contributed by atoms with Crippen molar-refractivity contribution >= 4 is 11.8 Å². The first-order valence-electron chi connectivity index (χ1n) is 3.27. The molecule has 0 aliphatic heterocycles. The molecule has 0 N–H and O–H groups in total. The van der Waals surface area contributed by atoms with E-state index in [-0.39, 0.29) is 0 Å². The highest BCUT2D eigenvalue weighted by atomic mass is 32.2. The number of hydrogen-bond acceptors (Lipinski definition) is 3. The summed E-state index contributed by atoms with van der Waals surface area (Å²) in [6, 6.07) is 11.3. The molecule has 0 bridgehead atoms. The molecule has 0 amide bonds. The molecule has 1 aromatic rings. The second kappa shape index (κ2) is 7.65. The number of nitrogens with zero attached hydrogens (tertiary/aromatic N) is 2. The molecular formula is C9H8N2S. The van der Waals surface area contributed by atoms with Crippen LogP contribution in [0.3, 0.4) is 0 Å². The number of nitriles is 2. The minimum atomic E-state index is 1.00. The van der Waals surface area contributed by atoms with Gasteiger partial charge in [0.15, 0.2) is 0 Å². The minimum absolute atomic E-state index is 1.00. The van der Waals surface area contributed by atoms with Crippen molar-refractivity contribution in [2.45, 2.75) is 11.8 Å². The predicted octanol–water partition coefficient (Wildman–Crippen LogP) is 2.79. The van der Waals surface area contributed by atoms with Crippen molar-refractivity contribution in [3.63, 3.8) is 0 Å². The fourth-order valence-electron chi connectivity index (χ4n) is 0.541. The number of thiocyanates is 1. The topological polar surface area (TPSA) is 47.6 Å². The van der Waals surface area contributed by atoms with Crippen molar-refractivity contribution in [1.82, 2.24) is 0 Å². The Morgan fingerprint density at radius 3 is 2.08 bits per heavy atom. The number of benzene rings is 1. The van der Waals surface area contributed by atoms with E-state index >= 15 is 0 Å². The third-order valence-corrected chi connectivity index (χ3v) is 1.51. The average Bonchev–Trinajstić information content (AvgIpc) is 2.08. The van der Waals surface area contributed by atoms with Crippen LogP contribution in [0.15, 0.2) is 35.2 Å². The van der Waals surface area contributed by atoms with Gasteiger partial charge < -0.3 is 0 Å². The molecule has 0 unspecified atom stereocenters. The summed E-state index contributed by atoms with van der Waals surface area (Å²) in [4.78, 5) is 1.00. The average molecular weight is 176 g/mol. The molecule has 0 spiro atoms. The van der Waals surface area contributed by atoms with Crippen LogP contribution in [0.4, 0.5) is 0 Å². The first kappa shape index (κ1) is 10.6. The molecule has 2 nitrogen and oxygen atoms in total. The molecule has 1 aromatic carbocycles. The maximum Gasteiger partial charge on any atom is 0.138 e. The summed E-state index contributed by atoms with van der Waals surface area (Å²) in [5.74, 6) is 0. The summed E-state index contributed by atoms with van der Waals surface area (Å²) < 4.78 is 0. The van der Waals surface area contributed by atoms with E-state index in [9.17, 15) is 0 Å². The predicted molar refractivity (Wildman–Crippen MR) is 49.2 cm³/mol. The molecule has 3 heteroatoms. The van der Waals surface area contributed by atoms with Gasteiger partial charge in [-0.15, -0.1) is 0 Å². The molecule has 0 fully saturated rings. The van der Waals surface area contributed by atoms with Crippen molar-refractivity contribution in [3.8, 4) is 11.5 Å². The molecule has 0 aliphatic rings. The van der Waals surface area contributed by atoms with E-state index in [4.69, 9.17) is 10.5 Å². The van der Waals surface area contributed by atoms with Gasteiger partial charge in [0.1, 0.15) is 5.40 Å². The standard InChI is InChI=1S/C7H5NS.C2H3N/c8-6-9-7-4-2-1-3-5-7;1-2-3/h1-5H;1H3. The zero-order chi connectivity index (χ0) is 9.23. The molecule has 0 aliphatic carbocycles. The molecule has 60 valence electrons. The lowest BCUT2D eigenvalue weighted by Gasteiger charge is -1.86. The van der Waals surface area contributed by atoms with Gasteiger partial charge in [-0.3, -0.25) is 0 Å². The fraction of sp³-hybridized carbons (Fsp3) is 0.111. The highest BCUT2D eigenvalue weighted by molar-refractivity contribution is 8.03. The molecule has 12 heavy (non-hydrogen) atoms. The van der Waals surface area contributed by atoms with Crippen LogP contribution < -0.4 is 0 Å². The van der Waals surface area contributed by atoms with E-state index in [1.165, 1.54) is 18.7 Å². The Balaban J connectivity index is 0.000000354. The summed E-state index contributed by atoms with van der Waals surface area (Å²) in [5.41, 5.74) is 0. The Kier molecular flexibility index (Phi) is 6.73.